The van der Waals surface area contributed by atoms with E-state index in [1.807, 2.05) is 30.3 Å². The van der Waals surface area contributed by atoms with Gasteiger partial charge in [-0.2, -0.15) is 0 Å². The Labute approximate surface area is 198 Å². The lowest BCUT2D eigenvalue weighted by Gasteiger charge is -2.16. The summed E-state index contributed by atoms with van der Waals surface area (Å²) < 4.78 is 1.58. The molecule has 6 nitrogen and oxygen atoms in total. The van der Waals surface area contributed by atoms with Crippen LogP contribution in [0.4, 0.5) is 0 Å². The van der Waals surface area contributed by atoms with Crippen molar-refractivity contribution >= 4 is 47.2 Å². The second kappa shape index (κ2) is 10.9. The molecule has 1 aliphatic carbocycles. The summed E-state index contributed by atoms with van der Waals surface area (Å²) in [6.45, 7) is 0.768. The van der Waals surface area contributed by atoms with E-state index >= 15 is 0 Å². The highest BCUT2D eigenvalue weighted by molar-refractivity contribution is 6.26. The normalized spacial score (nSPS) is 12.5. The predicted molar refractivity (Wildman–Crippen MR) is 132 cm³/mol. The first-order chi connectivity index (χ1) is 14.5. The van der Waals surface area contributed by atoms with Crippen LogP contribution in [0.25, 0.3) is 22.0 Å². The molecule has 0 saturated heterocycles. The number of unbranched alkanes of at least 4 members (excludes halogenated alkanes) is 1. The number of halogens is 2. The average molecular weight is 476 g/mol. The number of aromatic nitrogens is 1. The molecule has 1 atom stereocenters. The van der Waals surface area contributed by atoms with Crippen molar-refractivity contribution in [3.63, 3.8) is 0 Å². The maximum Gasteiger partial charge on any atom is 0.258 e. The first kappa shape index (κ1) is 25.7. The van der Waals surface area contributed by atoms with Gasteiger partial charge >= 0.3 is 0 Å². The van der Waals surface area contributed by atoms with Gasteiger partial charge in [-0.05, 0) is 25.5 Å². The van der Waals surface area contributed by atoms with E-state index in [1.165, 1.54) is 0 Å². The van der Waals surface area contributed by atoms with Crippen LogP contribution in [0.5, 0.6) is 0 Å². The number of fused-ring (bicyclic) bond motifs is 5. The van der Waals surface area contributed by atoms with Crippen LogP contribution in [-0.2, 0) is 11.3 Å². The highest BCUT2D eigenvalue weighted by Crippen LogP contribution is 2.39. The molecule has 0 fully saturated rings. The minimum absolute atomic E-state index is 0. The van der Waals surface area contributed by atoms with Crippen molar-refractivity contribution in [3.8, 4) is 11.3 Å². The quantitative estimate of drug-likeness (QED) is 0.379. The molecule has 32 heavy (non-hydrogen) atoms. The Balaban J connectivity index is 0.00000181. The van der Waals surface area contributed by atoms with E-state index in [1.54, 1.807) is 22.8 Å². The Morgan fingerprint density at radius 2 is 1.53 bits per heavy atom. The number of ketones is 2. The number of carbonyl (C=O) groups excluding carboxylic acids is 2. The number of benzene rings is 2. The molecule has 0 aliphatic heterocycles. The van der Waals surface area contributed by atoms with Crippen molar-refractivity contribution in [1.82, 2.24) is 4.57 Å². The standard InChI is InChI=1S/C24H25N3O3.2ClH/c25-13-6-5-11-19(26)20(28)12-14-27-22-16-8-2-3-9-17(16)23(29)21(22)15-7-1-4-10-18(15)24(27)30;;/h1-4,7-10,19H,5-6,11-14,25-26H2;2*1H. The molecule has 1 unspecified atom stereocenters. The lowest BCUT2D eigenvalue weighted by Crippen LogP contribution is -2.32. The molecule has 4 rings (SSSR count). The van der Waals surface area contributed by atoms with Crippen LogP contribution < -0.4 is 17.0 Å². The van der Waals surface area contributed by atoms with Gasteiger partial charge in [-0.15, -0.1) is 24.8 Å². The highest BCUT2D eigenvalue weighted by atomic mass is 35.5. The number of rotatable bonds is 8. The topological polar surface area (TPSA) is 108 Å². The summed E-state index contributed by atoms with van der Waals surface area (Å²) >= 11 is 0. The van der Waals surface area contributed by atoms with Gasteiger partial charge in [0.1, 0.15) is 0 Å². The third kappa shape index (κ3) is 4.50. The van der Waals surface area contributed by atoms with Crippen LogP contribution in [0, 0.1) is 0 Å². The van der Waals surface area contributed by atoms with E-state index in [-0.39, 0.29) is 54.9 Å². The second-order valence-electron chi connectivity index (χ2n) is 7.71. The monoisotopic (exact) mass is 475 g/mol. The fraction of sp³-hybridized carbons (Fsp3) is 0.292. The van der Waals surface area contributed by atoms with E-state index < -0.39 is 6.04 Å². The number of carbonyl (C=O) groups is 2. The van der Waals surface area contributed by atoms with E-state index in [0.717, 1.165) is 18.4 Å². The molecule has 0 amide bonds. The Morgan fingerprint density at radius 3 is 2.22 bits per heavy atom. The zero-order valence-electron chi connectivity index (χ0n) is 17.6. The lowest BCUT2D eigenvalue weighted by atomic mass is 10.0. The minimum Gasteiger partial charge on any atom is -0.330 e. The molecule has 8 heteroatoms. The molecule has 0 saturated carbocycles. The third-order valence-electron chi connectivity index (χ3n) is 5.80. The molecule has 2 aromatic carbocycles. The summed E-state index contributed by atoms with van der Waals surface area (Å²) in [5.74, 6) is -0.172. The first-order valence-electron chi connectivity index (χ1n) is 10.3. The molecule has 4 N–H and O–H groups in total. The van der Waals surface area contributed by atoms with Crippen LogP contribution in [0.3, 0.4) is 0 Å². The summed E-state index contributed by atoms with van der Waals surface area (Å²) in [7, 11) is 0. The van der Waals surface area contributed by atoms with E-state index in [4.69, 9.17) is 11.5 Å². The summed E-state index contributed by atoms with van der Waals surface area (Å²) in [5, 5.41) is 1.14. The number of nitrogens with zero attached hydrogens (tertiary/aromatic N) is 1. The fourth-order valence-electron chi connectivity index (χ4n) is 4.22. The number of hydrogen-bond donors (Lipinski definition) is 2. The van der Waals surface area contributed by atoms with Crippen LogP contribution >= 0.6 is 24.8 Å². The van der Waals surface area contributed by atoms with E-state index in [9.17, 15) is 14.4 Å². The van der Waals surface area contributed by atoms with Gasteiger partial charge in [-0.1, -0.05) is 48.9 Å². The van der Waals surface area contributed by atoms with E-state index in [0.29, 0.717) is 40.6 Å². The predicted octanol–water partition coefficient (Wildman–Crippen LogP) is 3.47. The van der Waals surface area contributed by atoms with Crippen molar-refractivity contribution in [1.29, 1.82) is 0 Å². The zero-order valence-corrected chi connectivity index (χ0v) is 19.2. The minimum atomic E-state index is -0.560. The van der Waals surface area contributed by atoms with Crippen molar-refractivity contribution in [3.05, 3.63) is 70.0 Å². The number of Topliss-reactive ketones (excluding diaryl/α,β-unsaturated/α-hetero) is 1. The summed E-state index contributed by atoms with van der Waals surface area (Å²) in [5.41, 5.74) is 13.8. The smallest absolute Gasteiger partial charge is 0.258 e. The van der Waals surface area contributed by atoms with Gasteiger partial charge in [-0.25, -0.2) is 0 Å². The second-order valence-corrected chi connectivity index (χ2v) is 7.71. The van der Waals surface area contributed by atoms with Crippen molar-refractivity contribution in [2.75, 3.05) is 6.54 Å². The van der Waals surface area contributed by atoms with Crippen LogP contribution in [0.2, 0.25) is 0 Å². The Kier molecular flexibility index (Phi) is 8.75. The zero-order chi connectivity index (χ0) is 21.3. The molecule has 0 radical (unpaired) electrons. The van der Waals surface area contributed by atoms with Crippen molar-refractivity contribution in [2.24, 2.45) is 11.5 Å². The van der Waals surface area contributed by atoms with Gasteiger partial charge in [-0.3, -0.25) is 14.4 Å². The number of hydrogen-bond acceptors (Lipinski definition) is 5. The summed E-state index contributed by atoms with van der Waals surface area (Å²) in [4.78, 5) is 39.0. The highest BCUT2D eigenvalue weighted by Gasteiger charge is 2.32. The van der Waals surface area contributed by atoms with Gasteiger partial charge in [0.2, 0.25) is 0 Å². The molecule has 1 aromatic heterocycles. The van der Waals surface area contributed by atoms with Gasteiger partial charge in [0.05, 0.1) is 17.3 Å². The van der Waals surface area contributed by atoms with Crippen LogP contribution in [0.15, 0.2) is 53.3 Å². The van der Waals surface area contributed by atoms with Gasteiger partial charge in [0.15, 0.2) is 11.6 Å². The van der Waals surface area contributed by atoms with E-state index in [2.05, 4.69) is 0 Å². The van der Waals surface area contributed by atoms with Gasteiger partial charge in [0.25, 0.3) is 5.56 Å². The van der Waals surface area contributed by atoms with Crippen molar-refractivity contribution in [2.45, 2.75) is 38.3 Å². The molecule has 0 spiro atoms. The first-order valence-corrected chi connectivity index (χ1v) is 10.3. The van der Waals surface area contributed by atoms with Crippen molar-refractivity contribution < 1.29 is 9.59 Å². The summed E-state index contributed by atoms with van der Waals surface area (Å²) in [6.07, 6.45) is 2.36. The molecule has 170 valence electrons. The molecule has 3 aromatic rings. The third-order valence-corrected chi connectivity index (χ3v) is 5.80. The molecule has 1 aliphatic rings. The molecular formula is C24H27Cl2N3O3. The number of nitrogens with two attached hydrogens (primary N) is 2. The Hall–Kier alpha value is -2.51. The lowest BCUT2D eigenvalue weighted by molar-refractivity contribution is -0.120. The number of pyridine rings is 1. The van der Waals surface area contributed by atoms with Gasteiger partial charge in [0, 0.05) is 34.9 Å². The maximum absolute atomic E-state index is 13.3. The fourth-order valence-corrected chi connectivity index (χ4v) is 4.22. The summed E-state index contributed by atoms with van der Waals surface area (Å²) in [6, 6.07) is 13.9. The SMILES string of the molecule is Cl.Cl.NCCCCC(N)C(=O)CCn1c2c(c3ccccc3c1=O)C(=O)c1ccccc1-2. The Bertz CT molecular complexity index is 1210. The average Bonchev–Trinajstić information content (AvgIpc) is 3.06. The molecule has 1 heterocycles. The van der Waals surface area contributed by atoms with Crippen LogP contribution in [-0.4, -0.2) is 28.7 Å². The largest absolute Gasteiger partial charge is 0.330 e. The van der Waals surface area contributed by atoms with Gasteiger partial charge < -0.3 is 16.0 Å². The maximum atomic E-state index is 13.3. The molecule has 0 bridgehead atoms. The van der Waals surface area contributed by atoms with Crippen LogP contribution in [0.1, 0.15) is 41.6 Å². The molecular weight excluding hydrogens is 449 g/mol. The Morgan fingerprint density at radius 1 is 0.906 bits per heavy atom.